The van der Waals surface area contributed by atoms with E-state index in [0.29, 0.717) is 12.2 Å². The molecule has 1 atom stereocenters. The zero-order valence-electron chi connectivity index (χ0n) is 14.2. The summed E-state index contributed by atoms with van der Waals surface area (Å²) in [4.78, 5) is 17.2. The van der Waals surface area contributed by atoms with Gasteiger partial charge in [-0.15, -0.1) is 0 Å². The lowest BCUT2D eigenvalue weighted by Gasteiger charge is -2.21. The number of hydrogen-bond donors (Lipinski definition) is 2. The molecule has 2 N–H and O–H groups in total. The molecule has 130 valence electrons. The number of halogens is 1. The van der Waals surface area contributed by atoms with Gasteiger partial charge in [0.25, 0.3) is 0 Å². The van der Waals surface area contributed by atoms with Crippen molar-refractivity contribution in [1.29, 1.82) is 0 Å². The highest BCUT2D eigenvalue weighted by Gasteiger charge is 2.30. The summed E-state index contributed by atoms with van der Waals surface area (Å²) in [6.07, 6.45) is 2.50. The van der Waals surface area contributed by atoms with E-state index in [9.17, 15) is 4.79 Å². The van der Waals surface area contributed by atoms with Crippen LogP contribution in [-0.2, 0) is 9.53 Å². The summed E-state index contributed by atoms with van der Waals surface area (Å²) < 4.78 is 6.38. The Labute approximate surface area is 155 Å². The Bertz CT molecular complexity index is 806. The Morgan fingerprint density at radius 3 is 2.84 bits per heavy atom. The number of ether oxygens (including phenoxy) is 1. The monoisotopic (exact) mass is 401 g/mol. The smallest absolute Gasteiger partial charge is 0.338 e. The van der Waals surface area contributed by atoms with E-state index in [4.69, 9.17) is 4.74 Å². The third-order valence-corrected chi connectivity index (χ3v) is 4.43. The molecule has 1 aromatic carbocycles. The molecule has 1 aliphatic rings. The van der Waals surface area contributed by atoms with Crippen molar-refractivity contribution in [2.24, 2.45) is 0 Å². The molecule has 0 fully saturated rings. The number of fused-ring (bicyclic) bond motifs is 1. The predicted molar refractivity (Wildman–Crippen MR) is 102 cm³/mol. The molecule has 6 heteroatoms. The van der Waals surface area contributed by atoms with E-state index in [-0.39, 0.29) is 12.0 Å². The molecular weight excluding hydrogens is 382 g/mol. The van der Waals surface area contributed by atoms with E-state index in [1.807, 2.05) is 50.2 Å². The number of allylic oxidation sites excluding steroid dienone is 1. The molecular formula is C19H20BrN3O2. The molecule has 5 nitrogen and oxygen atoms in total. The fraction of sp³-hybridized carbons (Fsp3) is 0.263. The number of carbonyl (C=O) groups is 1. The standard InChI is InChI=1S/C19H20BrN3O2/c1-3-10-25-19(24)17-12(2)22-16-11-13(20)7-8-14(16)23-18(17)15-6-4-5-9-21-15/h4-9,11,18,22-23H,3,10H2,1-2H3. The van der Waals surface area contributed by atoms with Crippen LogP contribution in [0.4, 0.5) is 11.4 Å². The molecule has 1 unspecified atom stereocenters. The molecule has 2 aromatic rings. The van der Waals surface area contributed by atoms with E-state index >= 15 is 0 Å². The van der Waals surface area contributed by atoms with Gasteiger partial charge >= 0.3 is 5.97 Å². The van der Waals surface area contributed by atoms with Crippen molar-refractivity contribution in [2.75, 3.05) is 17.2 Å². The first-order valence-electron chi connectivity index (χ1n) is 8.22. The molecule has 1 aliphatic heterocycles. The second kappa shape index (κ2) is 7.70. The van der Waals surface area contributed by atoms with Gasteiger partial charge in [0, 0.05) is 16.4 Å². The number of nitrogens with one attached hydrogen (secondary N) is 2. The molecule has 25 heavy (non-hydrogen) atoms. The van der Waals surface area contributed by atoms with Crippen LogP contribution in [0.1, 0.15) is 32.0 Å². The van der Waals surface area contributed by atoms with Crippen molar-refractivity contribution in [3.05, 3.63) is 64.0 Å². The highest BCUT2D eigenvalue weighted by atomic mass is 79.9. The largest absolute Gasteiger partial charge is 0.462 e. The number of benzene rings is 1. The van der Waals surface area contributed by atoms with Crippen molar-refractivity contribution >= 4 is 33.3 Å². The molecule has 0 saturated carbocycles. The zero-order chi connectivity index (χ0) is 17.8. The summed E-state index contributed by atoms with van der Waals surface area (Å²) in [5, 5.41) is 6.77. The van der Waals surface area contributed by atoms with Gasteiger partial charge < -0.3 is 15.4 Å². The molecule has 0 spiro atoms. The molecule has 0 radical (unpaired) electrons. The summed E-state index contributed by atoms with van der Waals surface area (Å²) in [5.74, 6) is -0.332. The topological polar surface area (TPSA) is 63.2 Å². The third kappa shape index (κ3) is 3.85. The minimum Gasteiger partial charge on any atom is -0.462 e. The van der Waals surface area contributed by atoms with Gasteiger partial charge in [-0.25, -0.2) is 4.79 Å². The van der Waals surface area contributed by atoms with Crippen LogP contribution in [0.15, 0.2) is 58.3 Å². The summed E-state index contributed by atoms with van der Waals surface area (Å²) in [7, 11) is 0. The number of pyridine rings is 1. The molecule has 1 aromatic heterocycles. The maximum Gasteiger partial charge on any atom is 0.338 e. The summed E-state index contributed by atoms with van der Waals surface area (Å²) in [6.45, 7) is 4.25. The Hall–Kier alpha value is -2.34. The van der Waals surface area contributed by atoms with Crippen LogP contribution in [0.3, 0.4) is 0 Å². The van der Waals surface area contributed by atoms with Crippen LogP contribution in [0.5, 0.6) is 0 Å². The average Bonchev–Trinajstić information content (AvgIpc) is 2.75. The van der Waals surface area contributed by atoms with E-state index < -0.39 is 0 Å². The average molecular weight is 402 g/mol. The lowest BCUT2D eigenvalue weighted by atomic mass is 10.0. The summed E-state index contributed by atoms with van der Waals surface area (Å²) in [5.41, 5.74) is 3.85. The lowest BCUT2D eigenvalue weighted by Crippen LogP contribution is -2.23. The van der Waals surface area contributed by atoms with Crippen LogP contribution in [-0.4, -0.2) is 17.6 Å². The zero-order valence-corrected chi connectivity index (χ0v) is 15.8. The number of aromatic nitrogens is 1. The molecule has 0 saturated heterocycles. The first-order chi connectivity index (χ1) is 12.1. The Kier molecular flexibility index (Phi) is 5.38. The quantitative estimate of drug-likeness (QED) is 0.729. The van der Waals surface area contributed by atoms with Gasteiger partial charge in [0.15, 0.2) is 0 Å². The van der Waals surface area contributed by atoms with Crippen molar-refractivity contribution in [1.82, 2.24) is 4.98 Å². The van der Waals surface area contributed by atoms with Crippen molar-refractivity contribution in [2.45, 2.75) is 26.3 Å². The van der Waals surface area contributed by atoms with Gasteiger partial charge in [0.1, 0.15) is 6.04 Å². The van der Waals surface area contributed by atoms with Gasteiger partial charge in [0.05, 0.1) is 29.2 Å². The maximum absolute atomic E-state index is 12.7. The minimum absolute atomic E-state index is 0.332. The SMILES string of the molecule is CCCOC(=O)C1=C(C)Nc2cc(Br)ccc2NC1c1ccccn1. The first kappa shape index (κ1) is 17.5. The van der Waals surface area contributed by atoms with Crippen molar-refractivity contribution in [3.63, 3.8) is 0 Å². The normalized spacial score (nSPS) is 16.4. The Balaban J connectivity index is 2.07. The fourth-order valence-electron chi connectivity index (χ4n) is 2.77. The van der Waals surface area contributed by atoms with Crippen LogP contribution < -0.4 is 10.6 Å². The van der Waals surface area contributed by atoms with Crippen LogP contribution in [0.25, 0.3) is 0 Å². The van der Waals surface area contributed by atoms with Gasteiger partial charge in [-0.05, 0) is 43.7 Å². The highest BCUT2D eigenvalue weighted by molar-refractivity contribution is 9.10. The minimum atomic E-state index is -0.388. The van der Waals surface area contributed by atoms with Gasteiger partial charge in [-0.2, -0.15) is 0 Å². The van der Waals surface area contributed by atoms with Crippen LogP contribution in [0, 0.1) is 0 Å². The lowest BCUT2D eigenvalue weighted by molar-refractivity contribution is -0.139. The number of carbonyl (C=O) groups excluding carboxylic acids is 1. The summed E-state index contributed by atoms with van der Waals surface area (Å²) >= 11 is 3.49. The van der Waals surface area contributed by atoms with Gasteiger partial charge in [-0.3, -0.25) is 4.98 Å². The van der Waals surface area contributed by atoms with Crippen molar-refractivity contribution in [3.8, 4) is 0 Å². The van der Waals surface area contributed by atoms with E-state index in [1.54, 1.807) is 6.20 Å². The number of anilines is 2. The fourth-order valence-corrected chi connectivity index (χ4v) is 3.13. The third-order valence-electron chi connectivity index (χ3n) is 3.94. The Morgan fingerprint density at radius 1 is 1.28 bits per heavy atom. The second-order valence-electron chi connectivity index (χ2n) is 5.82. The number of rotatable bonds is 4. The van der Waals surface area contributed by atoms with Crippen LogP contribution in [0.2, 0.25) is 0 Å². The van der Waals surface area contributed by atoms with E-state index in [2.05, 4.69) is 31.5 Å². The number of esters is 1. The van der Waals surface area contributed by atoms with E-state index in [0.717, 1.165) is 33.7 Å². The van der Waals surface area contributed by atoms with Gasteiger partial charge in [0.2, 0.25) is 0 Å². The predicted octanol–water partition coefficient (Wildman–Crippen LogP) is 4.65. The van der Waals surface area contributed by atoms with E-state index in [1.165, 1.54) is 0 Å². The maximum atomic E-state index is 12.7. The Morgan fingerprint density at radius 2 is 2.12 bits per heavy atom. The molecule has 0 bridgehead atoms. The summed E-state index contributed by atoms with van der Waals surface area (Å²) in [6, 6.07) is 11.2. The van der Waals surface area contributed by atoms with Crippen molar-refractivity contribution < 1.29 is 9.53 Å². The molecule has 0 amide bonds. The van der Waals surface area contributed by atoms with Crippen LogP contribution >= 0.6 is 15.9 Å². The second-order valence-corrected chi connectivity index (χ2v) is 6.74. The molecule has 3 rings (SSSR count). The molecule has 0 aliphatic carbocycles. The number of nitrogens with zero attached hydrogens (tertiary/aromatic N) is 1. The van der Waals surface area contributed by atoms with Gasteiger partial charge in [-0.1, -0.05) is 28.9 Å². The first-order valence-corrected chi connectivity index (χ1v) is 9.01. The number of hydrogen-bond acceptors (Lipinski definition) is 5. The molecule has 2 heterocycles. The highest BCUT2D eigenvalue weighted by Crippen LogP contribution is 2.37.